The molecule has 4 fully saturated rings. The Hall–Kier alpha value is -1.92. The van der Waals surface area contributed by atoms with Crippen LogP contribution in [0.25, 0.3) is 0 Å². The Balaban J connectivity index is 1.25. The maximum Gasteiger partial charge on any atom is 0.339 e. The van der Waals surface area contributed by atoms with Crippen molar-refractivity contribution in [3.05, 3.63) is 35.4 Å². The molecule has 6 nitrogen and oxygen atoms in total. The third-order valence-corrected chi connectivity index (χ3v) is 8.02. The molecule has 4 aliphatic heterocycles. The summed E-state index contributed by atoms with van der Waals surface area (Å²) in [6.07, 6.45) is 8.08. The molecule has 4 unspecified atom stereocenters. The highest BCUT2D eigenvalue weighted by molar-refractivity contribution is 6.03. The van der Waals surface area contributed by atoms with Crippen LogP contribution >= 0.6 is 0 Å². The Kier molecular flexibility index (Phi) is 5.31. The van der Waals surface area contributed by atoms with Gasteiger partial charge in [-0.2, -0.15) is 0 Å². The lowest BCUT2D eigenvalue weighted by Crippen LogP contribution is -2.43. The Morgan fingerprint density at radius 2 is 1.03 bits per heavy atom. The molecule has 4 bridgehead atoms. The molecule has 6 heteroatoms. The van der Waals surface area contributed by atoms with Gasteiger partial charge in [-0.15, -0.1) is 0 Å². The number of nitrogens with zero attached hydrogens (tertiary/aromatic N) is 2. The van der Waals surface area contributed by atoms with Gasteiger partial charge in [-0.25, -0.2) is 9.59 Å². The van der Waals surface area contributed by atoms with E-state index in [0.717, 1.165) is 25.7 Å². The summed E-state index contributed by atoms with van der Waals surface area (Å²) in [5.74, 6) is -0.806. The normalized spacial score (nSPS) is 35.9. The predicted molar refractivity (Wildman–Crippen MR) is 112 cm³/mol. The van der Waals surface area contributed by atoms with Gasteiger partial charge in [0.25, 0.3) is 0 Å². The molecular weight excluding hydrogens is 380 g/mol. The number of fused-ring (bicyclic) bond motifs is 4. The van der Waals surface area contributed by atoms with Gasteiger partial charge in [0, 0.05) is 49.9 Å². The summed E-state index contributed by atoms with van der Waals surface area (Å²) < 4.78 is 11.7. The summed E-state index contributed by atoms with van der Waals surface area (Å²) in [4.78, 5) is 30.7. The van der Waals surface area contributed by atoms with Crippen LogP contribution in [0.15, 0.2) is 24.3 Å². The van der Waals surface area contributed by atoms with Crippen LogP contribution in [0.4, 0.5) is 0 Å². The lowest BCUT2D eigenvalue weighted by Gasteiger charge is -2.36. The van der Waals surface area contributed by atoms with Crippen molar-refractivity contribution in [1.82, 2.24) is 9.80 Å². The van der Waals surface area contributed by atoms with E-state index in [-0.39, 0.29) is 12.2 Å². The van der Waals surface area contributed by atoms with Crippen molar-refractivity contribution in [2.75, 3.05) is 14.1 Å². The summed E-state index contributed by atoms with van der Waals surface area (Å²) in [5, 5.41) is 0. The van der Waals surface area contributed by atoms with E-state index in [1.807, 2.05) is 0 Å². The molecule has 4 aliphatic rings. The fourth-order valence-electron chi connectivity index (χ4n) is 6.18. The van der Waals surface area contributed by atoms with Crippen LogP contribution < -0.4 is 0 Å². The summed E-state index contributed by atoms with van der Waals surface area (Å²) in [6, 6.07) is 8.93. The van der Waals surface area contributed by atoms with E-state index < -0.39 is 11.9 Å². The zero-order chi connectivity index (χ0) is 20.8. The standard InChI is InChI=1S/C24H32N2O4/c1-25-15-7-8-16(25)12-19(11-15)29-23(27)21-5-3-4-6-22(21)24(28)30-20-13-17-9-10-18(14-20)26(17)2/h3-6,15-20H,7-14H2,1-2H3. The molecule has 4 atom stereocenters. The highest BCUT2D eigenvalue weighted by Crippen LogP contribution is 2.37. The SMILES string of the molecule is CN1C2CCC1CC(OC(=O)c1ccccc1C(=O)OC1CC3CCC(C1)N3C)C2. The number of ether oxygens (including phenoxy) is 2. The van der Waals surface area contributed by atoms with Gasteiger partial charge < -0.3 is 19.3 Å². The molecule has 0 amide bonds. The molecule has 4 saturated heterocycles. The average molecular weight is 413 g/mol. The Bertz CT molecular complexity index is 732. The number of piperidine rings is 2. The van der Waals surface area contributed by atoms with Crippen molar-refractivity contribution < 1.29 is 19.1 Å². The summed E-state index contributed by atoms with van der Waals surface area (Å²) in [6.45, 7) is 0. The lowest BCUT2D eigenvalue weighted by atomic mass is 10.00. The minimum absolute atomic E-state index is 0.0696. The smallest absolute Gasteiger partial charge is 0.339 e. The maximum atomic E-state index is 13.0. The molecule has 0 N–H and O–H groups in total. The number of hydrogen-bond donors (Lipinski definition) is 0. The van der Waals surface area contributed by atoms with Gasteiger partial charge >= 0.3 is 11.9 Å². The number of carbonyl (C=O) groups excluding carboxylic acids is 2. The third kappa shape index (κ3) is 3.65. The number of hydrogen-bond acceptors (Lipinski definition) is 6. The van der Waals surface area contributed by atoms with Crippen molar-refractivity contribution in [2.24, 2.45) is 0 Å². The second-order valence-electron chi connectivity index (χ2n) is 9.64. The first kappa shape index (κ1) is 20.0. The molecule has 1 aromatic carbocycles. The van der Waals surface area contributed by atoms with Gasteiger partial charge in [0.15, 0.2) is 0 Å². The van der Waals surface area contributed by atoms with Crippen LogP contribution in [0.2, 0.25) is 0 Å². The van der Waals surface area contributed by atoms with Gasteiger partial charge in [0.05, 0.1) is 11.1 Å². The van der Waals surface area contributed by atoms with E-state index >= 15 is 0 Å². The predicted octanol–water partition coefficient (Wildman–Crippen LogP) is 3.25. The minimum Gasteiger partial charge on any atom is -0.459 e. The first-order chi connectivity index (χ1) is 14.5. The van der Waals surface area contributed by atoms with Crippen molar-refractivity contribution in [3.8, 4) is 0 Å². The number of carbonyl (C=O) groups is 2. The average Bonchev–Trinajstić information content (AvgIpc) is 3.07. The van der Waals surface area contributed by atoms with Crippen molar-refractivity contribution in [2.45, 2.75) is 87.7 Å². The van der Waals surface area contributed by atoms with E-state index in [2.05, 4.69) is 23.9 Å². The van der Waals surface area contributed by atoms with E-state index in [1.54, 1.807) is 24.3 Å². The number of esters is 2. The van der Waals surface area contributed by atoms with Gasteiger partial charge in [0.1, 0.15) is 12.2 Å². The molecule has 0 aliphatic carbocycles. The summed E-state index contributed by atoms with van der Waals surface area (Å²) in [7, 11) is 4.34. The number of benzene rings is 1. The molecule has 1 aromatic rings. The molecule has 0 radical (unpaired) electrons. The van der Waals surface area contributed by atoms with Crippen LogP contribution in [-0.4, -0.2) is 72.2 Å². The van der Waals surface area contributed by atoms with Crippen LogP contribution in [0.1, 0.15) is 72.1 Å². The molecular formula is C24H32N2O4. The number of rotatable bonds is 4. The summed E-state index contributed by atoms with van der Waals surface area (Å²) >= 11 is 0. The third-order valence-electron chi connectivity index (χ3n) is 8.02. The second-order valence-corrected chi connectivity index (χ2v) is 9.64. The first-order valence-electron chi connectivity index (χ1n) is 11.4. The van der Waals surface area contributed by atoms with Gasteiger partial charge in [-0.05, 0) is 51.9 Å². The van der Waals surface area contributed by atoms with Gasteiger partial charge in [-0.1, -0.05) is 12.1 Å². The fourth-order valence-corrected chi connectivity index (χ4v) is 6.18. The lowest BCUT2D eigenvalue weighted by molar-refractivity contribution is -0.00441. The van der Waals surface area contributed by atoms with Gasteiger partial charge in [-0.3, -0.25) is 0 Å². The maximum absolute atomic E-state index is 13.0. The van der Waals surface area contributed by atoms with E-state index in [9.17, 15) is 9.59 Å². The van der Waals surface area contributed by atoms with Crippen molar-refractivity contribution >= 4 is 11.9 Å². The Morgan fingerprint density at radius 1 is 0.700 bits per heavy atom. The van der Waals surface area contributed by atoms with Crippen LogP contribution in [0.5, 0.6) is 0 Å². The quantitative estimate of drug-likeness (QED) is 0.708. The van der Waals surface area contributed by atoms with Crippen LogP contribution in [0, 0.1) is 0 Å². The van der Waals surface area contributed by atoms with Crippen LogP contribution in [-0.2, 0) is 9.47 Å². The zero-order valence-corrected chi connectivity index (χ0v) is 18.0. The first-order valence-corrected chi connectivity index (χ1v) is 11.4. The summed E-state index contributed by atoms with van der Waals surface area (Å²) in [5.41, 5.74) is 0.648. The molecule has 0 spiro atoms. The molecule has 5 rings (SSSR count). The van der Waals surface area contributed by atoms with E-state index in [0.29, 0.717) is 35.3 Å². The molecule has 0 saturated carbocycles. The highest BCUT2D eigenvalue weighted by atomic mass is 16.6. The largest absolute Gasteiger partial charge is 0.459 e. The Morgan fingerprint density at radius 3 is 1.37 bits per heavy atom. The van der Waals surface area contributed by atoms with Crippen molar-refractivity contribution in [1.29, 1.82) is 0 Å². The second kappa shape index (κ2) is 7.97. The van der Waals surface area contributed by atoms with Crippen LogP contribution in [0.3, 0.4) is 0 Å². The Labute approximate surface area is 178 Å². The molecule has 0 aromatic heterocycles. The molecule has 30 heavy (non-hydrogen) atoms. The minimum atomic E-state index is -0.403. The monoisotopic (exact) mass is 412 g/mol. The van der Waals surface area contributed by atoms with Crippen molar-refractivity contribution in [3.63, 3.8) is 0 Å². The highest BCUT2D eigenvalue weighted by Gasteiger charge is 2.41. The van der Waals surface area contributed by atoms with E-state index in [1.165, 1.54) is 25.7 Å². The van der Waals surface area contributed by atoms with Gasteiger partial charge in [0.2, 0.25) is 0 Å². The molecule has 162 valence electrons. The fraction of sp³-hybridized carbons (Fsp3) is 0.667. The molecule has 4 heterocycles. The topological polar surface area (TPSA) is 59.1 Å². The zero-order valence-electron chi connectivity index (χ0n) is 18.0. The van der Waals surface area contributed by atoms with E-state index in [4.69, 9.17) is 9.47 Å².